The summed E-state index contributed by atoms with van der Waals surface area (Å²) in [7, 11) is 1.40. The molecule has 0 aliphatic carbocycles. The Morgan fingerprint density at radius 1 is 1.08 bits per heavy atom. The Morgan fingerprint density at radius 3 is 2.33 bits per heavy atom. The topological polar surface area (TPSA) is 32.8 Å². The molecule has 126 valence electrons. The highest BCUT2D eigenvalue weighted by molar-refractivity contribution is 6.30. The summed E-state index contributed by atoms with van der Waals surface area (Å²) in [5.41, 5.74) is 1.43. The number of amides is 1. The zero-order valence-corrected chi connectivity index (χ0v) is 14.1. The van der Waals surface area contributed by atoms with E-state index in [4.69, 9.17) is 16.3 Å². The molecule has 4 nitrogen and oxygen atoms in total. The Bertz CT molecular complexity index is 728. The van der Waals surface area contributed by atoms with Gasteiger partial charge >= 0.3 is 0 Å². The predicted molar refractivity (Wildman–Crippen MR) is 92.5 cm³/mol. The third-order valence-electron chi connectivity index (χ3n) is 4.16. The van der Waals surface area contributed by atoms with Gasteiger partial charge in [0.05, 0.1) is 7.11 Å². The zero-order chi connectivity index (χ0) is 17.1. The molecule has 1 aliphatic rings. The van der Waals surface area contributed by atoms with Crippen molar-refractivity contribution in [1.82, 2.24) is 4.90 Å². The molecule has 6 heteroatoms. The smallest absolute Gasteiger partial charge is 0.254 e. The molecule has 0 spiro atoms. The van der Waals surface area contributed by atoms with Gasteiger partial charge in [-0.15, -0.1) is 0 Å². The van der Waals surface area contributed by atoms with Crippen LogP contribution in [0.4, 0.5) is 10.1 Å². The Kier molecular flexibility index (Phi) is 4.90. The van der Waals surface area contributed by atoms with Crippen LogP contribution in [0.1, 0.15) is 10.4 Å². The summed E-state index contributed by atoms with van der Waals surface area (Å²) in [6, 6.07) is 12.0. The average Bonchev–Trinajstić information content (AvgIpc) is 2.62. The van der Waals surface area contributed by atoms with Crippen molar-refractivity contribution >= 4 is 23.2 Å². The highest BCUT2D eigenvalue weighted by atomic mass is 35.5. The first-order chi connectivity index (χ1) is 11.6. The summed E-state index contributed by atoms with van der Waals surface area (Å²) in [5.74, 6) is -0.547. The van der Waals surface area contributed by atoms with Crippen molar-refractivity contribution in [3.63, 3.8) is 0 Å². The number of methoxy groups -OCH3 is 1. The number of anilines is 1. The fourth-order valence-electron chi connectivity index (χ4n) is 2.80. The van der Waals surface area contributed by atoms with E-state index in [9.17, 15) is 9.18 Å². The number of nitrogens with zero attached hydrogens (tertiary/aromatic N) is 2. The number of piperazine rings is 1. The number of hydrogen-bond acceptors (Lipinski definition) is 3. The van der Waals surface area contributed by atoms with E-state index in [1.807, 2.05) is 24.3 Å². The van der Waals surface area contributed by atoms with Gasteiger partial charge < -0.3 is 14.5 Å². The van der Waals surface area contributed by atoms with Gasteiger partial charge in [0, 0.05) is 42.5 Å². The van der Waals surface area contributed by atoms with Crippen LogP contribution in [-0.4, -0.2) is 44.1 Å². The molecule has 3 rings (SSSR count). The van der Waals surface area contributed by atoms with E-state index in [0.29, 0.717) is 23.7 Å². The van der Waals surface area contributed by atoms with Gasteiger partial charge in [0.2, 0.25) is 0 Å². The van der Waals surface area contributed by atoms with Crippen LogP contribution in [0.25, 0.3) is 0 Å². The molecule has 0 aromatic heterocycles. The molecule has 0 N–H and O–H groups in total. The molecule has 2 aromatic carbocycles. The normalized spacial score (nSPS) is 14.6. The van der Waals surface area contributed by atoms with Gasteiger partial charge in [-0.3, -0.25) is 4.79 Å². The lowest BCUT2D eigenvalue weighted by Crippen LogP contribution is -2.48. The average molecular weight is 349 g/mol. The Morgan fingerprint density at radius 2 is 1.75 bits per heavy atom. The van der Waals surface area contributed by atoms with Gasteiger partial charge in [0.15, 0.2) is 11.6 Å². The lowest BCUT2D eigenvalue weighted by molar-refractivity contribution is 0.0746. The third-order valence-corrected chi connectivity index (χ3v) is 4.41. The van der Waals surface area contributed by atoms with Crippen molar-refractivity contribution < 1.29 is 13.9 Å². The standard InChI is InChI=1S/C18H18ClFN2O2/c1-24-17-7-2-13(12-16(17)20)18(23)22-10-8-21(9-11-22)15-5-3-14(19)4-6-15/h2-7,12H,8-11H2,1H3. The van der Waals surface area contributed by atoms with Gasteiger partial charge in [0.25, 0.3) is 5.91 Å². The van der Waals surface area contributed by atoms with Gasteiger partial charge in [-0.1, -0.05) is 11.6 Å². The van der Waals surface area contributed by atoms with Gasteiger partial charge in [0.1, 0.15) is 0 Å². The van der Waals surface area contributed by atoms with Crippen molar-refractivity contribution in [2.24, 2.45) is 0 Å². The van der Waals surface area contributed by atoms with Crippen molar-refractivity contribution in [3.05, 3.63) is 58.9 Å². The molecule has 0 saturated carbocycles. The van der Waals surface area contributed by atoms with E-state index < -0.39 is 5.82 Å². The lowest BCUT2D eigenvalue weighted by atomic mass is 10.1. The maximum absolute atomic E-state index is 13.8. The first-order valence-corrected chi connectivity index (χ1v) is 8.09. The highest BCUT2D eigenvalue weighted by Gasteiger charge is 2.23. The van der Waals surface area contributed by atoms with E-state index >= 15 is 0 Å². The SMILES string of the molecule is COc1ccc(C(=O)N2CCN(c3ccc(Cl)cc3)CC2)cc1F. The molecular formula is C18H18ClFN2O2. The van der Waals surface area contributed by atoms with E-state index in [2.05, 4.69) is 4.90 Å². The van der Waals surface area contributed by atoms with Crippen molar-refractivity contribution in [3.8, 4) is 5.75 Å². The number of benzene rings is 2. The fraction of sp³-hybridized carbons (Fsp3) is 0.278. The Hall–Kier alpha value is -2.27. The van der Waals surface area contributed by atoms with Crippen LogP contribution >= 0.6 is 11.6 Å². The van der Waals surface area contributed by atoms with E-state index in [-0.39, 0.29) is 11.7 Å². The van der Waals surface area contributed by atoms with Crippen LogP contribution in [0.5, 0.6) is 5.75 Å². The minimum absolute atomic E-state index is 0.138. The van der Waals surface area contributed by atoms with Crippen LogP contribution in [0.3, 0.4) is 0 Å². The number of halogens is 2. The third kappa shape index (κ3) is 3.46. The molecule has 0 atom stereocenters. The summed E-state index contributed by atoms with van der Waals surface area (Å²) >= 11 is 5.91. The molecule has 0 radical (unpaired) electrons. The number of hydrogen-bond donors (Lipinski definition) is 0. The molecule has 0 bridgehead atoms. The second-order valence-corrected chi connectivity index (χ2v) is 6.04. The van der Waals surface area contributed by atoms with Crippen molar-refractivity contribution in [2.45, 2.75) is 0 Å². The van der Waals surface area contributed by atoms with E-state index in [0.717, 1.165) is 18.8 Å². The number of carbonyl (C=O) groups excluding carboxylic acids is 1. The molecule has 1 heterocycles. The predicted octanol–water partition coefficient (Wildman–Crippen LogP) is 3.45. The minimum atomic E-state index is -0.525. The van der Waals surface area contributed by atoms with Crippen LogP contribution in [0, 0.1) is 5.82 Å². The number of rotatable bonds is 3. The van der Waals surface area contributed by atoms with Gasteiger partial charge in [-0.05, 0) is 42.5 Å². The maximum Gasteiger partial charge on any atom is 0.254 e. The summed E-state index contributed by atoms with van der Waals surface area (Å²) in [5, 5.41) is 0.703. The molecule has 1 aliphatic heterocycles. The minimum Gasteiger partial charge on any atom is -0.494 e. The Labute approximate surface area is 145 Å². The van der Waals surface area contributed by atoms with Crippen LogP contribution in [0.15, 0.2) is 42.5 Å². The van der Waals surface area contributed by atoms with Gasteiger partial charge in [-0.25, -0.2) is 4.39 Å². The molecule has 1 amide bonds. The molecule has 1 saturated heterocycles. The van der Waals surface area contributed by atoms with Crippen LogP contribution in [-0.2, 0) is 0 Å². The van der Waals surface area contributed by atoms with Gasteiger partial charge in [-0.2, -0.15) is 0 Å². The zero-order valence-electron chi connectivity index (χ0n) is 13.3. The maximum atomic E-state index is 13.8. The summed E-state index contributed by atoms with van der Waals surface area (Å²) < 4.78 is 18.7. The molecule has 2 aromatic rings. The van der Waals surface area contributed by atoms with Crippen LogP contribution < -0.4 is 9.64 Å². The quantitative estimate of drug-likeness (QED) is 0.851. The first-order valence-electron chi connectivity index (χ1n) is 7.72. The second kappa shape index (κ2) is 7.09. The molecule has 24 heavy (non-hydrogen) atoms. The van der Waals surface area contributed by atoms with Crippen LogP contribution in [0.2, 0.25) is 5.02 Å². The van der Waals surface area contributed by atoms with E-state index in [1.165, 1.54) is 19.2 Å². The van der Waals surface area contributed by atoms with Crippen molar-refractivity contribution in [2.75, 3.05) is 38.2 Å². The summed E-state index contributed by atoms with van der Waals surface area (Å²) in [4.78, 5) is 16.5. The summed E-state index contributed by atoms with van der Waals surface area (Å²) in [6.45, 7) is 2.64. The Balaban J connectivity index is 1.64. The molecule has 1 fully saturated rings. The molecule has 0 unspecified atom stereocenters. The second-order valence-electron chi connectivity index (χ2n) is 5.60. The van der Waals surface area contributed by atoms with Crippen molar-refractivity contribution in [1.29, 1.82) is 0 Å². The summed E-state index contributed by atoms with van der Waals surface area (Å²) in [6.07, 6.45) is 0. The number of carbonyl (C=O) groups is 1. The lowest BCUT2D eigenvalue weighted by Gasteiger charge is -2.36. The highest BCUT2D eigenvalue weighted by Crippen LogP contribution is 2.22. The first kappa shape index (κ1) is 16.6. The molecular weight excluding hydrogens is 331 g/mol. The largest absolute Gasteiger partial charge is 0.494 e. The number of ether oxygens (including phenoxy) is 1. The fourth-order valence-corrected chi connectivity index (χ4v) is 2.93. The van der Waals surface area contributed by atoms with E-state index in [1.54, 1.807) is 11.0 Å². The monoisotopic (exact) mass is 348 g/mol.